The lowest BCUT2D eigenvalue weighted by Gasteiger charge is -2.07. The summed E-state index contributed by atoms with van der Waals surface area (Å²) in [6.07, 6.45) is 5.53. The zero-order chi connectivity index (χ0) is 10.9. The van der Waals surface area contributed by atoms with Crippen LogP contribution < -0.4 is 0 Å². The first-order valence-electron chi connectivity index (χ1n) is 5.22. The molecule has 0 radical (unpaired) electrons. The molecule has 15 heavy (non-hydrogen) atoms. The molecule has 0 saturated heterocycles. The van der Waals surface area contributed by atoms with Crippen LogP contribution in [0.15, 0.2) is 42.7 Å². The van der Waals surface area contributed by atoms with E-state index in [0.717, 1.165) is 12.8 Å². The smallest absolute Gasteiger partial charge is 0.0785 e. The van der Waals surface area contributed by atoms with E-state index in [1.165, 1.54) is 5.56 Å². The SMILES string of the molecule is CO/C=C\CC(O)CCc1ccccc1. The number of aliphatic hydroxyl groups is 1. The van der Waals surface area contributed by atoms with Crippen LogP contribution in [0, 0.1) is 0 Å². The number of ether oxygens (including phenoxy) is 1. The Kier molecular flexibility index (Phi) is 5.56. The summed E-state index contributed by atoms with van der Waals surface area (Å²) in [7, 11) is 1.60. The number of hydrogen-bond donors (Lipinski definition) is 1. The van der Waals surface area contributed by atoms with Crippen molar-refractivity contribution in [2.45, 2.75) is 25.4 Å². The normalized spacial score (nSPS) is 12.9. The van der Waals surface area contributed by atoms with Crippen molar-refractivity contribution < 1.29 is 9.84 Å². The van der Waals surface area contributed by atoms with Crippen LogP contribution in [0.3, 0.4) is 0 Å². The molecule has 0 heterocycles. The van der Waals surface area contributed by atoms with Gasteiger partial charge in [-0.25, -0.2) is 0 Å². The fraction of sp³-hybridized carbons (Fsp3) is 0.385. The van der Waals surface area contributed by atoms with Crippen LogP contribution in [0.2, 0.25) is 0 Å². The summed E-state index contributed by atoms with van der Waals surface area (Å²) in [5.41, 5.74) is 1.27. The summed E-state index contributed by atoms with van der Waals surface area (Å²) < 4.78 is 4.76. The van der Waals surface area contributed by atoms with Crippen LogP contribution in [0.25, 0.3) is 0 Å². The van der Waals surface area contributed by atoms with E-state index in [-0.39, 0.29) is 6.10 Å². The molecule has 1 aromatic rings. The molecule has 2 nitrogen and oxygen atoms in total. The summed E-state index contributed by atoms with van der Waals surface area (Å²) in [6, 6.07) is 10.2. The number of aryl methyl sites for hydroxylation is 1. The van der Waals surface area contributed by atoms with E-state index in [9.17, 15) is 5.11 Å². The van der Waals surface area contributed by atoms with Crippen LogP contribution in [-0.2, 0) is 11.2 Å². The fourth-order valence-electron chi connectivity index (χ4n) is 1.40. The van der Waals surface area contributed by atoms with Gasteiger partial charge >= 0.3 is 0 Å². The van der Waals surface area contributed by atoms with Crippen molar-refractivity contribution >= 4 is 0 Å². The molecule has 1 unspecified atom stereocenters. The van der Waals surface area contributed by atoms with Crippen molar-refractivity contribution in [3.8, 4) is 0 Å². The maximum atomic E-state index is 9.63. The van der Waals surface area contributed by atoms with Gasteiger partial charge in [-0.2, -0.15) is 0 Å². The molecule has 0 bridgehead atoms. The second-order valence-corrected chi connectivity index (χ2v) is 3.52. The van der Waals surface area contributed by atoms with Crippen molar-refractivity contribution in [3.05, 3.63) is 48.2 Å². The highest BCUT2D eigenvalue weighted by molar-refractivity contribution is 5.14. The molecule has 1 rings (SSSR count). The minimum atomic E-state index is -0.281. The van der Waals surface area contributed by atoms with E-state index in [2.05, 4.69) is 12.1 Å². The third kappa shape index (κ3) is 5.23. The molecule has 0 aliphatic carbocycles. The standard InChI is InChI=1S/C13H18O2/c1-15-11-5-8-13(14)10-9-12-6-3-2-4-7-12/h2-7,11,13-14H,8-10H2,1H3/b11-5-. The van der Waals surface area contributed by atoms with Crippen molar-refractivity contribution in [1.82, 2.24) is 0 Å². The van der Waals surface area contributed by atoms with Gasteiger partial charge in [0.15, 0.2) is 0 Å². The first-order chi connectivity index (χ1) is 7.33. The number of benzene rings is 1. The van der Waals surface area contributed by atoms with Gasteiger partial charge in [-0.1, -0.05) is 30.3 Å². The zero-order valence-corrected chi connectivity index (χ0v) is 9.10. The van der Waals surface area contributed by atoms with Crippen molar-refractivity contribution in [1.29, 1.82) is 0 Å². The van der Waals surface area contributed by atoms with Crippen LogP contribution in [0.5, 0.6) is 0 Å². The van der Waals surface area contributed by atoms with Crippen molar-refractivity contribution in [2.75, 3.05) is 7.11 Å². The van der Waals surface area contributed by atoms with Crippen LogP contribution >= 0.6 is 0 Å². The van der Waals surface area contributed by atoms with E-state index in [1.54, 1.807) is 13.4 Å². The second kappa shape index (κ2) is 7.07. The minimum Gasteiger partial charge on any atom is -0.505 e. The topological polar surface area (TPSA) is 29.5 Å². The number of methoxy groups -OCH3 is 1. The lowest BCUT2D eigenvalue weighted by atomic mass is 10.1. The van der Waals surface area contributed by atoms with Gasteiger partial charge in [0.1, 0.15) is 0 Å². The molecule has 0 fully saturated rings. The maximum Gasteiger partial charge on any atom is 0.0785 e. The maximum absolute atomic E-state index is 9.63. The highest BCUT2D eigenvalue weighted by Gasteiger charge is 2.01. The third-order valence-electron chi connectivity index (χ3n) is 2.25. The Morgan fingerprint density at radius 2 is 2.07 bits per heavy atom. The van der Waals surface area contributed by atoms with E-state index in [4.69, 9.17) is 4.74 Å². The molecule has 2 heteroatoms. The molecule has 0 amide bonds. The zero-order valence-electron chi connectivity index (χ0n) is 9.10. The van der Waals surface area contributed by atoms with Crippen molar-refractivity contribution in [3.63, 3.8) is 0 Å². The Bertz CT molecular complexity index is 280. The van der Waals surface area contributed by atoms with Crippen molar-refractivity contribution in [2.24, 2.45) is 0 Å². The van der Waals surface area contributed by atoms with Crippen LogP contribution in [0.4, 0.5) is 0 Å². The molecule has 0 aliphatic rings. The summed E-state index contributed by atoms with van der Waals surface area (Å²) in [5.74, 6) is 0. The van der Waals surface area contributed by atoms with Gasteiger partial charge in [-0.15, -0.1) is 0 Å². The van der Waals surface area contributed by atoms with Gasteiger partial charge in [0.05, 0.1) is 19.5 Å². The van der Waals surface area contributed by atoms with Gasteiger partial charge < -0.3 is 9.84 Å². The Hall–Kier alpha value is -1.28. The Morgan fingerprint density at radius 1 is 1.33 bits per heavy atom. The minimum absolute atomic E-state index is 0.281. The Labute approximate surface area is 91.2 Å². The predicted octanol–water partition coefficient (Wildman–Crippen LogP) is 2.53. The molecule has 0 aliphatic heterocycles. The number of aliphatic hydroxyl groups excluding tert-OH is 1. The van der Waals surface area contributed by atoms with Gasteiger partial charge in [0, 0.05) is 0 Å². The van der Waals surface area contributed by atoms with E-state index >= 15 is 0 Å². The Balaban J connectivity index is 2.22. The predicted molar refractivity (Wildman–Crippen MR) is 61.5 cm³/mol. The largest absolute Gasteiger partial charge is 0.505 e. The average molecular weight is 206 g/mol. The monoisotopic (exact) mass is 206 g/mol. The summed E-state index contributed by atoms with van der Waals surface area (Å²) in [6.45, 7) is 0. The van der Waals surface area contributed by atoms with Gasteiger partial charge in [-0.3, -0.25) is 0 Å². The molecular formula is C13H18O2. The summed E-state index contributed by atoms with van der Waals surface area (Å²) in [5, 5.41) is 9.63. The lowest BCUT2D eigenvalue weighted by molar-refractivity contribution is 0.167. The quantitative estimate of drug-likeness (QED) is 0.725. The lowest BCUT2D eigenvalue weighted by Crippen LogP contribution is -2.06. The average Bonchev–Trinajstić information content (AvgIpc) is 2.28. The highest BCUT2D eigenvalue weighted by atomic mass is 16.5. The second-order valence-electron chi connectivity index (χ2n) is 3.52. The first-order valence-corrected chi connectivity index (χ1v) is 5.22. The molecular weight excluding hydrogens is 188 g/mol. The van der Waals surface area contributed by atoms with E-state index in [1.807, 2.05) is 24.3 Å². The van der Waals surface area contributed by atoms with Crippen LogP contribution in [-0.4, -0.2) is 18.3 Å². The molecule has 0 aromatic heterocycles. The third-order valence-corrected chi connectivity index (χ3v) is 2.25. The Morgan fingerprint density at radius 3 is 2.73 bits per heavy atom. The molecule has 1 N–H and O–H groups in total. The molecule has 1 aromatic carbocycles. The van der Waals surface area contributed by atoms with Gasteiger partial charge in [0.25, 0.3) is 0 Å². The number of rotatable bonds is 6. The summed E-state index contributed by atoms with van der Waals surface area (Å²) in [4.78, 5) is 0. The van der Waals surface area contributed by atoms with E-state index in [0.29, 0.717) is 6.42 Å². The van der Waals surface area contributed by atoms with Crippen LogP contribution in [0.1, 0.15) is 18.4 Å². The molecule has 1 atom stereocenters. The molecule has 0 saturated carbocycles. The van der Waals surface area contributed by atoms with E-state index < -0.39 is 0 Å². The molecule has 0 spiro atoms. The van der Waals surface area contributed by atoms with Gasteiger partial charge in [-0.05, 0) is 30.9 Å². The summed E-state index contributed by atoms with van der Waals surface area (Å²) >= 11 is 0. The molecule has 82 valence electrons. The first kappa shape index (κ1) is 11.8. The van der Waals surface area contributed by atoms with Gasteiger partial charge in [0.2, 0.25) is 0 Å². The number of hydrogen-bond acceptors (Lipinski definition) is 2. The highest BCUT2D eigenvalue weighted by Crippen LogP contribution is 2.07. The fourth-order valence-corrected chi connectivity index (χ4v) is 1.40.